The van der Waals surface area contributed by atoms with Gasteiger partial charge < -0.3 is 14.4 Å². The van der Waals surface area contributed by atoms with Gasteiger partial charge in [-0.05, 0) is 20.3 Å². The number of fused-ring (bicyclic) bond motifs is 1. The zero-order valence-corrected chi connectivity index (χ0v) is 14.3. The van der Waals surface area contributed by atoms with Gasteiger partial charge in [0.25, 0.3) is 5.91 Å². The molecular formula is C19H20N4O2. The molecule has 1 amide bonds. The highest BCUT2D eigenvalue weighted by molar-refractivity contribution is 5.92. The van der Waals surface area contributed by atoms with Crippen molar-refractivity contribution < 1.29 is 9.32 Å². The van der Waals surface area contributed by atoms with E-state index in [4.69, 9.17) is 4.52 Å². The summed E-state index contributed by atoms with van der Waals surface area (Å²) in [4.78, 5) is 16.9. The van der Waals surface area contributed by atoms with Crippen LogP contribution in [0.3, 0.4) is 0 Å². The SMILES string of the molecule is Cc1ccc(-c2cc(C(=O)N[C@H]3CCc4nc(C)cn4C3)on2)cc1. The summed E-state index contributed by atoms with van der Waals surface area (Å²) in [5.74, 6) is 1.10. The van der Waals surface area contributed by atoms with E-state index >= 15 is 0 Å². The summed E-state index contributed by atoms with van der Waals surface area (Å²) in [6.45, 7) is 4.75. The molecule has 0 bridgehead atoms. The van der Waals surface area contributed by atoms with Gasteiger partial charge >= 0.3 is 0 Å². The molecule has 0 aliphatic carbocycles. The summed E-state index contributed by atoms with van der Waals surface area (Å²) in [7, 11) is 0. The number of nitrogens with zero attached hydrogens (tertiary/aromatic N) is 3. The van der Waals surface area contributed by atoms with E-state index in [1.165, 1.54) is 5.56 Å². The number of imidazole rings is 1. The number of benzene rings is 1. The Labute approximate surface area is 145 Å². The predicted octanol–water partition coefficient (Wildman–Crippen LogP) is 2.90. The maximum Gasteiger partial charge on any atom is 0.290 e. The third-order valence-electron chi connectivity index (χ3n) is 4.53. The Kier molecular flexibility index (Phi) is 3.87. The zero-order valence-electron chi connectivity index (χ0n) is 14.3. The molecule has 3 aromatic rings. The van der Waals surface area contributed by atoms with Crippen molar-refractivity contribution >= 4 is 5.91 Å². The van der Waals surface area contributed by atoms with Gasteiger partial charge in [0.2, 0.25) is 5.76 Å². The molecule has 0 saturated heterocycles. The Balaban J connectivity index is 1.44. The van der Waals surface area contributed by atoms with Crippen LogP contribution in [-0.4, -0.2) is 26.7 Å². The maximum absolute atomic E-state index is 12.5. The van der Waals surface area contributed by atoms with Crippen molar-refractivity contribution in [3.8, 4) is 11.3 Å². The van der Waals surface area contributed by atoms with Crippen LogP contribution in [0.4, 0.5) is 0 Å². The van der Waals surface area contributed by atoms with Crippen molar-refractivity contribution in [3.63, 3.8) is 0 Å². The van der Waals surface area contributed by atoms with Crippen molar-refractivity contribution in [1.29, 1.82) is 0 Å². The van der Waals surface area contributed by atoms with Crippen LogP contribution < -0.4 is 5.32 Å². The van der Waals surface area contributed by atoms with E-state index < -0.39 is 0 Å². The van der Waals surface area contributed by atoms with E-state index in [0.29, 0.717) is 5.69 Å². The van der Waals surface area contributed by atoms with Crippen molar-refractivity contribution in [2.75, 3.05) is 0 Å². The Hall–Kier alpha value is -2.89. The molecule has 0 radical (unpaired) electrons. The molecule has 25 heavy (non-hydrogen) atoms. The molecule has 128 valence electrons. The molecule has 0 unspecified atom stereocenters. The van der Waals surface area contributed by atoms with E-state index in [1.807, 2.05) is 44.3 Å². The first-order valence-electron chi connectivity index (χ1n) is 8.46. The molecule has 1 atom stereocenters. The van der Waals surface area contributed by atoms with Gasteiger partial charge in [-0.1, -0.05) is 35.0 Å². The third-order valence-corrected chi connectivity index (χ3v) is 4.53. The average molecular weight is 336 g/mol. The summed E-state index contributed by atoms with van der Waals surface area (Å²) in [6.07, 6.45) is 3.77. The summed E-state index contributed by atoms with van der Waals surface area (Å²) >= 11 is 0. The molecule has 0 saturated carbocycles. The predicted molar refractivity (Wildman–Crippen MR) is 93.2 cm³/mol. The Morgan fingerprint density at radius 1 is 1.28 bits per heavy atom. The van der Waals surface area contributed by atoms with E-state index in [2.05, 4.69) is 20.0 Å². The van der Waals surface area contributed by atoms with Crippen molar-refractivity contribution in [1.82, 2.24) is 20.0 Å². The van der Waals surface area contributed by atoms with Crippen LogP contribution in [0.2, 0.25) is 0 Å². The highest BCUT2D eigenvalue weighted by Crippen LogP contribution is 2.20. The summed E-state index contributed by atoms with van der Waals surface area (Å²) in [5.41, 5.74) is 3.79. The highest BCUT2D eigenvalue weighted by Gasteiger charge is 2.23. The van der Waals surface area contributed by atoms with E-state index in [1.54, 1.807) is 6.07 Å². The van der Waals surface area contributed by atoms with Gasteiger partial charge in [0, 0.05) is 36.8 Å². The molecule has 4 rings (SSSR count). The quantitative estimate of drug-likeness (QED) is 0.798. The highest BCUT2D eigenvalue weighted by atomic mass is 16.5. The minimum absolute atomic E-state index is 0.0709. The normalized spacial score (nSPS) is 16.5. The molecular weight excluding hydrogens is 316 g/mol. The van der Waals surface area contributed by atoms with Crippen LogP contribution in [0, 0.1) is 13.8 Å². The first-order chi connectivity index (χ1) is 12.1. The second-order valence-electron chi connectivity index (χ2n) is 6.60. The van der Waals surface area contributed by atoms with Gasteiger partial charge in [0.05, 0.1) is 5.69 Å². The minimum Gasteiger partial charge on any atom is -0.350 e. The largest absolute Gasteiger partial charge is 0.350 e. The van der Waals surface area contributed by atoms with Gasteiger partial charge in [-0.15, -0.1) is 0 Å². The van der Waals surface area contributed by atoms with Gasteiger partial charge in [-0.25, -0.2) is 4.98 Å². The molecule has 1 N–H and O–H groups in total. The minimum atomic E-state index is -0.226. The lowest BCUT2D eigenvalue weighted by atomic mass is 10.1. The number of rotatable bonds is 3. The summed E-state index contributed by atoms with van der Waals surface area (Å²) in [6, 6.07) is 9.72. The topological polar surface area (TPSA) is 73.0 Å². The number of hydrogen-bond donors (Lipinski definition) is 1. The Bertz CT molecular complexity index is 908. The number of amides is 1. The Morgan fingerprint density at radius 3 is 2.88 bits per heavy atom. The molecule has 1 aliphatic rings. The second kappa shape index (κ2) is 6.20. The first-order valence-corrected chi connectivity index (χ1v) is 8.46. The van der Waals surface area contributed by atoms with Crippen molar-refractivity contribution in [2.24, 2.45) is 0 Å². The van der Waals surface area contributed by atoms with Crippen molar-refractivity contribution in [2.45, 2.75) is 39.3 Å². The fourth-order valence-electron chi connectivity index (χ4n) is 3.20. The third kappa shape index (κ3) is 3.20. The van der Waals surface area contributed by atoms with Crippen LogP contribution in [0.25, 0.3) is 11.3 Å². The van der Waals surface area contributed by atoms with E-state index in [0.717, 1.165) is 36.5 Å². The molecule has 0 spiro atoms. The molecule has 6 nitrogen and oxygen atoms in total. The van der Waals surface area contributed by atoms with Gasteiger partial charge in [0.15, 0.2) is 0 Å². The number of carbonyl (C=O) groups excluding carboxylic acids is 1. The fourth-order valence-corrected chi connectivity index (χ4v) is 3.20. The van der Waals surface area contributed by atoms with Crippen LogP contribution in [0.1, 0.15) is 34.1 Å². The van der Waals surface area contributed by atoms with E-state index in [9.17, 15) is 4.79 Å². The molecule has 6 heteroatoms. The molecule has 2 aromatic heterocycles. The molecule has 1 aliphatic heterocycles. The monoisotopic (exact) mass is 336 g/mol. The number of nitrogens with one attached hydrogen (secondary N) is 1. The smallest absolute Gasteiger partial charge is 0.290 e. The Morgan fingerprint density at radius 2 is 2.08 bits per heavy atom. The van der Waals surface area contributed by atoms with Gasteiger partial charge in [-0.3, -0.25) is 4.79 Å². The molecule has 1 aromatic carbocycles. The fraction of sp³-hybridized carbons (Fsp3) is 0.316. The van der Waals surface area contributed by atoms with Crippen LogP contribution >= 0.6 is 0 Å². The number of aryl methyl sites for hydroxylation is 3. The summed E-state index contributed by atoms with van der Waals surface area (Å²) in [5, 5.41) is 7.06. The number of carbonyl (C=O) groups is 1. The molecule has 3 heterocycles. The van der Waals surface area contributed by atoms with Crippen molar-refractivity contribution in [3.05, 3.63) is 59.4 Å². The second-order valence-corrected chi connectivity index (χ2v) is 6.60. The zero-order chi connectivity index (χ0) is 17.4. The number of hydrogen-bond acceptors (Lipinski definition) is 4. The summed E-state index contributed by atoms with van der Waals surface area (Å²) < 4.78 is 7.36. The van der Waals surface area contributed by atoms with Crippen LogP contribution in [0.5, 0.6) is 0 Å². The van der Waals surface area contributed by atoms with Gasteiger partial charge in [-0.2, -0.15) is 0 Å². The lowest BCUT2D eigenvalue weighted by Crippen LogP contribution is -2.40. The first kappa shape index (κ1) is 15.6. The maximum atomic E-state index is 12.5. The van der Waals surface area contributed by atoms with Gasteiger partial charge in [0.1, 0.15) is 11.5 Å². The van der Waals surface area contributed by atoms with E-state index in [-0.39, 0.29) is 17.7 Å². The standard InChI is InChI=1S/C19H20N4O2/c1-12-3-5-14(6-4-12)16-9-17(25-22-16)19(24)21-15-7-8-18-20-13(2)10-23(18)11-15/h3-6,9-10,15H,7-8,11H2,1-2H3,(H,21,24)/t15-/m0/s1. The van der Waals surface area contributed by atoms with Crippen LogP contribution in [0.15, 0.2) is 41.1 Å². The average Bonchev–Trinajstić information content (AvgIpc) is 3.21. The lowest BCUT2D eigenvalue weighted by molar-refractivity contribution is 0.0890. The number of aromatic nitrogens is 3. The lowest BCUT2D eigenvalue weighted by Gasteiger charge is -2.24. The van der Waals surface area contributed by atoms with Crippen LogP contribution in [-0.2, 0) is 13.0 Å². The molecule has 0 fully saturated rings.